The molecule has 0 atom stereocenters. The SMILES string of the molecule is O=C(c1ccccc1)c1ccc2c(c1)c1cc(C(=O)c3ccccc3)cc3c1n2-c1ccccc1C3(c1ccccc1)c1ccccc1.[HH].[HH].[HH].[HH].[HH].[HH]. The fourth-order valence-electron chi connectivity index (χ4n) is 7.76. The lowest BCUT2D eigenvalue weighted by molar-refractivity contribution is 0.103. The van der Waals surface area contributed by atoms with Crippen LogP contribution in [0.25, 0.3) is 27.5 Å². The van der Waals surface area contributed by atoms with Crippen molar-refractivity contribution in [2.75, 3.05) is 0 Å². The summed E-state index contributed by atoms with van der Waals surface area (Å²) in [5, 5.41) is 1.87. The van der Waals surface area contributed by atoms with Crippen molar-refractivity contribution in [2.45, 2.75) is 5.41 Å². The van der Waals surface area contributed by atoms with E-state index in [2.05, 4.69) is 89.5 Å². The molecule has 9 rings (SSSR count). The fraction of sp³-hybridized carbons (Fsp3) is 0.0222. The van der Waals surface area contributed by atoms with E-state index in [-0.39, 0.29) is 20.1 Å². The van der Waals surface area contributed by atoms with E-state index >= 15 is 0 Å². The Labute approximate surface area is 287 Å². The number of hydrogen-bond acceptors (Lipinski definition) is 2. The lowest BCUT2D eigenvalue weighted by atomic mass is 9.63. The van der Waals surface area contributed by atoms with Gasteiger partial charge in [0.15, 0.2) is 11.6 Å². The molecule has 2 heterocycles. The summed E-state index contributed by atoms with van der Waals surface area (Å²) in [5.74, 6) is -0.0756. The first-order valence-electron chi connectivity index (χ1n) is 16.2. The summed E-state index contributed by atoms with van der Waals surface area (Å²) < 4.78 is 2.33. The van der Waals surface area contributed by atoms with E-state index in [1.54, 1.807) is 0 Å². The zero-order valence-electron chi connectivity index (χ0n) is 26.0. The highest BCUT2D eigenvalue weighted by molar-refractivity contribution is 6.19. The molecule has 0 radical (unpaired) electrons. The monoisotopic (exact) mass is 627 g/mol. The smallest absolute Gasteiger partial charge is 0.193 e. The van der Waals surface area contributed by atoms with Gasteiger partial charge in [-0.1, -0.05) is 140 Å². The third-order valence-corrected chi connectivity index (χ3v) is 9.82. The van der Waals surface area contributed by atoms with E-state index < -0.39 is 5.41 Å². The average molecular weight is 628 g/mol. The maximum atomic E-state index is 14.3. The van der Waals surface area contributed by atoms with Crippen LogP contribution in [-0.2, 0) is 5.41 Å². The van der Waals surface area contributed by atoms with Crippen LogP contribution in [0, 0.1) is 0 Å². The molecule has 3 nitrogen and oxygen atoms in total. The Balaban J connectivity index is 0.00000131. The minimum atomic E-state index is -0.725. The molecule has 0 unspecified atom stereocenters. The van der Waals surface area contributed by atoms with Gasteiger partial charge in [0.2, 0.25) is 0 Å². The van der Waals surface area contributed by atoms with Crippen LogP contribution in [0.15, 0.2) is 176 Å². The van der Waals surface area contributed by atoms with Crippen molar-refractivity contribution >= 4 is 33.4 Å². The molecule has 0 saturated carbocycles. The topological polar surface area (TPSA) is 39.1 Å². The molecule has 0 spiro atoms. The Hall–Kier alpha value is -6.32. The summed E-state index contributed by atoms with van der Waals surface area (Å²) in [4.78, 5) is 28.1. The predicted octanol–water partition coefficient (Wildman–Crippen LogP) is 11.4. The van der Waals surface area contributed by atoms with Gasteiger partial charge in [0.25, 0.3) is 0 Å². The second-order valence-electron chi connectivity index (χ2n) is 12.4. The molecule has 0 fully saturated rings. The molecule has 0 amide bonds. The molecule has 0 N–H and O–H groups in total. The van der Waals surface area contributed by atoms with Gasteiger partial charge in [0, 0.05) is 41.6 Å². The summed E-state index contributed by atoms with van der Waals surface area (Å²) in [6, 6.07) is 58.8. The number of carbonyl (C=O) groups excluding carboxylic acids is 2. The standard InChI is InChI=1S/C45H29NO2.6H2/c47-43(30-15-5-1-6-16-30)32-25-26-40-36(27-32)37-28-33(44(48)31-17-7-2-8-18-31)29-39-42(37)46(40)41-24-14-13-23-38(41)45(39,34-19-9-3-10-20-34)35-21-11-4-12-22-35;;;;;;/h1-29H;6*1H. The summed E-state index contributed by atoms with van der Waals surface area (Å²) in [7, 11) is 0. The van der Waals surface area contributed by atoms with Gasteiger partial charge >= 0.3 is 0 Å². The van der Waals surface area contributed by atoms with Crippen molar-refractivity contribution in [1.29, 1.82) is 0 Å². The minimum absolute atomic E-state index is 0. The lowest BCUT2D eigenvalue weighted by Crippen LogP contribution is -2.35. The maximum Gasteiger partial charge on any atom is 0.193 e. The number of nitrogens with zero attached hydrogens (tertiary/aromatic N) is 1. The molecule has 1 aliphatic heterocycles. The largest absolute Gasteiger partial charge is 0.309 e. The third-order valence-electron chi connectivity index (χ3n) is 9.82. The van der Waals surface area contributed by atoms with Crippen LogP contribution in [0.1, 0.15) is 62.7 Å². The maximum absolute atomic E-state index is 14.3. The first-order valence-corrected chi connectivity index (χ1v) is 16.2. The van der Waals surface area contributed by atoms with Crippen LogP contribution < -0.4 is 0 Å². The molecule has 7 aromatic carbocycles. The molecule has 238 valence electrons. The number of fused-ring (bicyclic) bond motifs is 5. The molecule has 3 heteroatoms. The number of carbonyl (C=O) groups is 2. The number of aromatic nitrogens is 1. The Bertz CT molecular complexity index is 2500. The van der Waals surface area contributed by atoms with E-state index in [1.807, 2.05) is 91.0 Å². The predicted molar refractivity (Wildman–Crippen MR) is 205 cm³/mol. The van der Waals surface area contributed by atoms with Crippen molar-refractivity contribution in [3.63, 3.8) is 0 Å². The van der Waals surface area contributed by atoms with Gasteiger partial charge in [-0.2, -0.15) is 0 Å². The number of hydrogen-bond donors (Lipinski definition) is 0. The molecule has 0 aliphatic carbocycles. The van der Waals surface area contributed by atoms with Crippen molar-refractivity contribution in [1.82, 2.24) is 4.57 Å². The molecular weight excluding hydrogens is 587 g/mol. The Kier molecular flexibility index (Phi) is 6.34. The normalized spacial score (nSPS) is 12.9. The zero-order chi connectivity index (χ0) is 32.2. The number of benzene rings is 7. The van der Waals surface area contributed by atoms with E-state index in [0.717, 1.165) is 49.7 Å². The highest BCUT2D eigenvalue weighted by atomic mass is 16.1. The van der Waals surface area contributed by atoms with Gasteiger partial charge in [0.1, 0.15) is 0 Å². The summed E-state index contributed by atoms with van der Waals surface area (Å²) in [5.41, 5.74) is 9.25. The van der Waals surface area contributed by atoms with Gasteiger partial charge < -0.3 is 4.57 Å². The lowest BCUT2D eigenvalue weighted by Gasteiger charge is -2.42. The van der Waals surface area contributed by atoms with Gasteiger partial charge in [0.05, 0.1) is 22.1 Å². The van der Waals surface area contributed by atoms with Crippen LogP contribution in [0.3, 0.4) is 0 Å². The van der Waals surface area contributed by atoms with Gasteiger partial charge in [-0.05, 0) is 58.7 Å². The molecule has 8 aromatic rings. The van der Waals surface area contributed by atoms with Crippen molar-refractivity contribution in [3.8, 4) is 5.69 Å². The van der Waals surface area contributed by atoms with Gasteiger partial charge in [-0.25, -0.2) is 0 Å². The van der Waals surface area contributed by atoms with Crippen LogP contribution in [0.5, 0.6) is 0 Å². The van der Waals surface area contributed by atoms with Crippen LogP contribution in [0.4, 0.5) is 0 Å². The molecule has 0 bridgehead atoms. The van der Waals surface area contributed by atoms with Crippen molar-refractivity contribution in [2.24, 2.45) is 0 Å². The average Bonchev–Trinajstić information content (AvgIpc) is 3.50. The zero-order valence-corrected chi connectivity index (χ0v) is 26.0. The third kappa shape index (κ3) is 4.01. The molecule has 1 aliphatic rings. The first kappa shape index (κ1) is 27.9. The number of ketones is 2. The Morgan fingerprint density at radius 3 is 1.54 bits per heavy atom. The highest BCUT2D eigenvalue weighted by Gasteiger charge is 2.45. The molecule has 48 heavy (non-hydrogen) atoms. The second-order valence-corrected chi connectivity index (χ2v) is 12.4. The van der Waals surface area contributed by atoms with Crippen LogP contribution >= 0.6 is 0 Å². The molecule has 0 saturated heterocycles. The van der Waals surface area contributed by atoms with E-state index in [0.29, 0.717) is 22.3 Å². The van der Waals surface area contributed by atoms with E-state index in [4.69, 9.17) is 0 Å². The summed E-state index contributed by atoms with van der Waals surface area (Å²) in [6.07, 6.45) is 0. The number of para-hydroxylation sites is 1. The Morgan fingerprint density at radius 1 is 0.438 bits per heavy atom. The summed E-state index contributed by atoms with van der Waals surface area (Å²) in [6.45, 7) is 0. The van der Waals surface area contributed by atoms with Crippen molar-refractivity contribution < 1.29 is 18.1 Å². The first-order chi connectivity index (χ1) is 23.7. The molecule has 1 aromatic heterocycles. The van der Waals surface area contributed by atoms with Gasteiger partial charge in [-0.3, -0.25) is 9.59 Å². The molecular formula is C45H41NO2. The minimum Gasteiger partial charge on any atom is -0.309 e. The Morgan fingerprint density at radius 2 is 0.938 bits per heavy atom. The fourth-order valence-corrected chi connectivity index (χ4v) is 7.76. The van der Waals surface area contributed by atoms with E-state index in [1.165, 1.54) is 0 Å². The second kappa shape index (κ2) is 10.9. The number of rotatable bonds is 6. The summed E-state index contributed by atoms with van der Waals surface area (Å²) >= 11 is 0. The quantitative estimate of drug-likeness (QED) is 0.172. The van der Waals surface area contributed by atoms with E-state index in [9.17, 15) is 9.59 Å². The van der Waals surface area contributed by atoms with Gasteiger partial charge in [-0.15, -0.1) is 0 Å². The van der Waals surface area contributed by atoms with Crippen LogP contribution in [-0.4, -0.2) is 16.1 Å². The van der Waals surface area contributed by atoms with Crippen molar-refractivity contribution in [3.05, 3.63) is 220 Å². The highest BCUT2D eigenvalue weighted by Crippen LogP contribution is 2.54. The van der Waals surface area contributed by atoms with Crippen LogP contribution in [0.2, 0.25) is 0 Å².